The normalized spacial score (nSPS) is 14.3. The molecule has 0 radical (unpaired) electrons. The first kappa shape index (κ1) is 24.0. The van der Waals surface area contributed by atoms with Crippen molar-refractivity contribution in [2.24, 2.45) is 0 Å². The van der Waals surface area contributed by atoms with Crippen LogP contribution >= 0.6 is 31.9 Å². The lowest BCUT2D eigenvalue weighted by Gasteiger charge is -2.30. The predicted octanol–water partition coefficient (Wildman–Crippen LogP) is 2.91. The van der Waals surface area contributed by atoms with Gasteiger partial charge < -0.3 is 25.4 Å². The van der Waals surface area contributed by atoms with Crippen molar-refractivity contribution in [1.29, 1.82) is 5.26 Å². The van der Waals surface area contributed by atoms with E-state index in [1.54, 1.807) is 24.3 Å². The first-order chi connectivity index (χ1) is 15.4. The third-order valence-corrected chi connectivity index (χ3v) is 6.28. The third kappa shape index (κ3) is 5.79. The zero-order valence-electron chi connectivity index (χ0n) is 17.1. The van der Waals surface area contributed by atoms with E-state index in [-0.39, 0.29) is 24.7 Å². The smallest absolute Gasteiger partial charge is 0.253 e. The molecule has 1 aliphatic rings. The fourth-order valence-electron chi connectivity index (χ4n) is 3.43. The number of phenolic OH excluding ortho intramolecular Hbond substituents is 1. The number of carbonyl (C=O) groups excluding carboxylic acids is 2. The van der Waals surface area contributed by atoms with Gasteiger partial charge >= 0.3 is 0 Å². The highest BCUT2D eigenvalue weighted by atomic mass is 79.9. The number of hydrogen-bond acceptors (Lipinski definition) is 6. The van der Waals surface area contributed by atoms with E-state index in [1.807, 2.05) is 18.2 Å². The Morgan fingerprint density at radius 1 is 1.16 bits per heavy atom. The van der Waals surface area contributed by atoms with E-state index in [2.05, 4.69) is 47.4 Å². The van der Waals surface area contributed by atoms with Crippen molar-refractivity contribution in [1.82, 2.24) is 10.6 Å². The van der Waals surface area contributed by atoms with Crippen LogP contribution in [0.4, 0.5) is 5.69 Å². The van der Waals surface area contributed by atoms with Gasteiger partial charge in [0.1, 0.15) is 12.3 Å². The number of amides is 2. The topological polar surface area (TPSA) is 115 Å². The van der Waals surface area contributed by atoms with Crippen LogP contribution in [0, 0.1) is 11.3 Å². The number of rotatable bonds is 7. The summed E-state index contributed by atoms with van der Waals surface area (Å²) < 4.78 is 6.21. The summed E-state index contributed by atoms with van der Waals surface area (Å²) in [6, 6.07) is 12.4. The van der Waals surface area contributed by atoms with E-state index in [4.69, 9.17) is 10.00 Å². The molecule has 1 fully saturated rings. The number of para-hydroxylation sites is 1. The van der Waals surface area contributed by atoms with Gasteiger partial charge in [0.25, 0.3) is 5.91 Å². The quantitative estimate of drug-likeness (QED) is 0.445. The molecule has 2 aromatic rings. The monoisotopic (exact) mass is 564 g/mol. The van der Waals surface area contributed by atoms with Crippen molar-refractivity contribution in [2.45, 2.75) is 5.92 Å². The van der Waals surface area contributed by atoms with Crippen molar-refractivity contribution < 1.29 is 19.4 Å². The van der Waals surface area contributed by atoms with Gasteiger partial charge in [0, 0.05) is 25.3 Å². The zero-order chi connectivity index (χ0) is 23.1. The molecule has 3 rings (SSSR count). The summed E-state index contributed by atoms with van der Waals surface area (Å²) >= 11 is 6.54. The maximum atomic E-state index is 13.1. The second kappa shape index (κ2) is 11.3. The van der Waals surface area contributed by atoms with Gasteiger partial charge in [-0.1, -0.05) is 12.1 Å². The molecule has 8 nitrogen and oxygen atoms in total. The lowest BCUT2D eigenvalue weighted by atomic mass is 9.97. The second-order valence-corrected chi connectivity index (χ2v) is 8.80. The van der Waals surface area contributed by atoms with Crippen molar-refractivity contribution >= 4 is 49.4 Å². The highest BCUT2D eigenvalue weighted by molar-refractivity contribution is 9.11. The molecule has 0 bridgehead atoms. The number of nitrogens with zero attached hydrogens (tertiary/aromatic N) is 2. The number of ether oxygens (including phenoxy) is 1. The zero-order valence-corrected chi connectivity index (χ0v) is 20.3. The Morgan fingerprint density at radius 2 is 1.81 bits per heavy atom. The Kier molecular flexibility index (Phi) is 8.50. The van der Waals surface area contributed by atoms with E-state index in [0.29, 0.717) is 46.4 Å². The highest BCUT2D eigenvalue weighted by Crippen LogP contribution is 2.35. The lowest BCUT2D eigenvalue weighted by Crippen LogP contribution is -2.39. The summed E-state index contributed by atoms with van der Waals surface area (Å²) in [6.45, 7) is 2.45. The van der Waals surface area contributed by atoms with Crippen molar-refractivity contribution in [3.05, 3.63) is 56.5 Å². The molecule has 1 aliphatic heterocycles. The van der Waals surface area contributed by atoms with E-state index in [9.17, 15) is 14.7 Å². The van der Waals surface area contributed by atoms with Crippen molar-refractivity contribution in [3.8, 4) is 11.8 Å². The number of nitrogens with one attached hydrogen (secondary N) is 2. The predicted molar refractivity (Wildman–Crippen MR) is 127 cm³/mol. The standard InChI is InChI=1S/C22H22Br2N4O4/c23-17-11-14(12-18(24)20(17)29)16(22(31)26-6-5-25)13-27-21(30)15-3-1-2-4-19(15)28-7-9-32-10-8-28/h1-4,11-12,16,29H,6-10,13H2,(H,26,31)(H,27,30). The first-order valence-corrected chi connectivity index (χ1v) is 11.5. The molecule has 168 valence electrons. The van der Waals surface area contributed by atoms with Crippen LogP contribution in [0.1, 0.15) is 21.8 Å². The molecule has 0 aliphatic carbocycles. The van der Waals surface area contributed by atoms with Crippen LogP contribution in [0.5, 0.6) is 5.75 Å². The van der Waals surface area contributed by atoms with Crippen LogP contribution in [-0.4, -0.2) is 56.3 Å². The van der Waals surface area contributed by atoms with Crippen LogP contribution in [-0.2, 0) is 9.53 Å². The number of carbonyl (C=O) groups is 2. The van der Waals surface area contributed by atoms with Crippen LogP contribution in [0.15, 0.2) is 45.3 Å². The Labute approximate surface area is 202 Å². The molecule has 0 saturated carbocycles. The molecular formula is C22H22Br2N4O4. The van der Waals surface area contributed by atoms with Crippen LogP contribution in [0.2, 0.25) is 0 Å². The molecule has 0 spiro atoms. The van der Waals surface area contributed by atoms with Gasteiger partial charge in [-0.25, -0.2) is 0 Å². The molecule has 1 unspecified atom stereocenters. The molecule has 32 heavy (non-hydrogen) atoms. The van der Waals surface area contributed by atoms with Gasteiger partial charge in [0.2, 0.25) is 5.91 Å². The number of benzene rings is 2. The molecule has 0 aromatic heterocycles. The van der Waals surface area contributed by atoms with E-state index in [0.717, 1.165) is 5.69 Å². The van der Waals surface area contributed by atoms with E-state index < -0.39 is 11.8 Å². The Morgan fingerprint density at radius 3 is 2.47 bits per heavy atom. The summed E-state index contributed by atoms with van der Waals surface area (Å²) in [5, 5.41) is 24.2. The SMILES string of the molecule is N#CCNC(=O)C(CNC(=O)c1ccccc1N1CCOCC1)c1cc(Br)c(O)c(Br)c1. The summed E-state index contributed by atoms with van der Waals surface area (Å²) in [4.78, 5) is 27.9. The molecule has 1 heterocycles. The van der Waals surface area contributed by atoms with Gasteiger partial charge in [0.05, 0.1) is 39.7 Å². The van der Waals surface area contributed by atoms with Crippen molar-refractivity contribution in [2.75, 3.05) is 44.3 Å². The fraction of sp³-hybridized carbons (Fsp3) is 0.318. The molecule has 3 N–H and O–H groups in total. The maximum Gasteiger partial charge on any atom is 0.253 e. The summed E-state index contributed by atoms with van der Waals surface area (Å²) in [6.07, 6.45) is 0. The minimum Gasteiger partial charge on any atom is -0.506 e. The highest BCUT2D eigenvalue weighted by Gasteiger charge is 2.25. The average molecular weight is 566 g/mol. The van der Waals surface area contributed by atoms with Crippen LogP contribution in [0.25, 0.3) is 0 Å². The molecule has 1 saturated heterocycles. The molecule has 10 heteroatoms. The van der Waals surface area contributed by atoms with Gasteiger partial charge in [0.15, 0.2) is 0 Å². The fourth-order valence-corrected chi connectivity index (χ4v) is 4.66. The minimum atomic E-state index is -0.768. The van der Waals surface area contributed by atoms with Crippen LogP contribution in [0.3, 0.4) is 0 Å². The third-order valence-electron chi connectivity index (χ3n) is 5.07. The van der Waals surface area contributed by atoms with Gasteiger partial charge in [-0.15, -0.1) is 0 Å². The van der Waals surface area contributed by atoms with Crippen LogP contribution < -0.4 is 15.5 Å². The van der Waals surface area contributed by atoms with Gasteiger partial charge in [-0.05, 0) is 61.7 Å². The molecule has 2 aromatic carbocycles. The number of anilines is 1. The van der Waals surface area contributed by atoms with Gasteiger partial charge in [-0.2, -0.15) is 5.26 Å². The van der Waals surface area contributed by atoms with E-state index in [1.165, 1.54) is 0 Å². The Balaban J connectivity index is 1.81. The van der Waals surface area contributed by atoms with Gasteiger partial charge in [-0.3, -0.25) is 9.59 Å². The molecule has 1 atom stereocenters. The average Bonchev–Trinajstić information content (AvgIpc) is 2.81. The van der Waals surface area contributed by atoms with Crippen molar-refractivity contribution in [3.63, 3.8) is 0 Å². The number of phenols is 1. The summed E-state index contributed by atoms with van der Waals surface area (Å²) in [5.41, 5.74) is 1.89. The number of morpholine rings is 1. The minimum absolute atomic E-state index is 0.00778. The number of aromatic hydroxyl groups is 1. The molecular weight excluding hydrogens is 544 g/mol. The first-order valence-electron chi connectivity index (χ1n) is 9.95. The lowest BCUT2D eigenvalue weighted by molar-refractivity contribution is -0.122. The number of halogens is 2. The summed E-state index contributed by atoms with van der Waals surface area (Å²) in [7, 11) is 0. The largest absolute Gasteiger partial charge is 0.506 e. The Hall–Kier alpha value is -2.61. The molecule has 2 amide bonds. The Bertz CT molecular complexity index is 1010. The number of hydrogen-bond donors (Lipinski definition) is 3. The summed E-state index contributed by atoms with van der Waals surface area (Å²) in [5.74, 6) is -1.47. The van der Waals surface area contributed by atoms with E-state index >= 15 is 0 Å². The maximum absolute atomic E-state index is 13.1. The second-order valence-electron chi connectivity index (χ2n) is 7.09. The number of nitriles is 1.